The largest absolute Gasteiger partial charge is 0.345 e. The first-order valence-electron chi connectivity index (χ1n) is 8.92. The van der Waals surface area contributed by atoms with Crippen LogP contribution in [0.25, 0.3) is 22.2 Å². The van der Waals surface area contributed by atoms with Gasteiger partial charge in [0.25, 0.3) is 5.91 Å². The zero-order chi connectivity index (χ0) is 18.8. The van der Waals surface area contributed by atoms with Crippen molar-refractivity contribution in [2.24, 2.45) is 0 Å². The van der Waals surface area contributed by atoms with Crippen LogP contribution in [0.15, 0.2) is 71.4 Å². The van der Waals surface area contributed by atoms with Crippen molar-refractivity contribution in [2.75, 3.05) is 0 Å². The molecule has 4 rings (SSSR count). The molecule has 0 saturated heterocycles. The van der Waals surface area contributed by atoms with Crippen molar-refractivity contribution >= 4 is 28.1 Å². The molecule has 2 aromatic heterocycles. The number of rotatable bonds is 4. The molecule has 0 bridgehead atoms. The van der Waals surface area contributed by atoms with Crippen molar-refractivity contribution < 1.29 is 4.79 Å². The Balaban J connectivity index is 1.73. The normalized spacial score (nSPS) is 12.1. The molecule has 1 N–H and O–H groups in total. The van der Waals surface area contributed by atoms with E-state index >= 15 is 0 Å². The summed E-state index contributed by atoms with van der Waals surface area (Å²) in [5.41, 5.74) is 5.73. The van der Waals surface area contributed by atoms with Crippen LogP contribution in [0.2, 0.25) is 0 Å². The van der Waals surface area contributed by atoms with Crippen LogP contribution in [0.5, 0.6) is 0 Å². The molecular weight excluding hydrogens is 352 g/mol. The van der Waals surface area contributed by atoms with Gasteiger partial charge in [0.15, 0.2) is 0 Å². The van der Waals surface area contributed by atoms with E-state index < -0.39 is 0 Å². The fourth-order valence-corrected chi connectivity index (χ4v) is 3.95. The van der Waals surface area contributed by atoms with E-state index in [0.717, 1.165) is 33.3 Å². The van der Waals surface area contributed by atoms with Gasteiger partial charge in [0.1, 0.15) is 0 Å². The van der Waals surface area contributed by atoms with Crippen LogP contribution in [0, 0.1) is 6.92 Å². The topological polar surface area (TPSA) is 42.0 Å². The molecule has 2 aromatic carbocycles. The average Bonchev–Trinajstić information content (AvgIpc) is 3.22. The van der Waals surface area contributed by atoms with Crippen LogP contribution in [-0.2, 0) is 0 Å². The average molecular weight is 372 g/mol. The van der Waals surface area contributed by atoms with Gasteiger partial charge in [-0.2, -0.15) is 11.3 Å². The Morgan fingerprint density at radius 1 is 1.07 bits per heavy atom. The third kappa shape index (κ3) is 3.49. The maximum Gasteiger partial charge on any atom is 0.252 e. The van der Waals surface area contributed by atoms with Crippen molar-refractivity contribution in [1.82, 2.24) is 10.3 Å². The van der Waals surface area contributed by atoms with Crippen molar-refractivity contribution in [3.05, 3.63) is 88.1 Å². The van der Waals surface area contributed by atoms with E-state index in [0.29, 0.717) is 5.56 Å². The molecule has 0 saturated carbocycles. The third-order valence-corrected chi connectivity index (χ3v) is 5.45. The fraction of sp³-hybridized carbons (Fsp3) is 0.130. The number of hydrogen-bond acceptors (Lipinski definition) is 3. The van der Waals surface area contributed by atoms with E-state index in [1.54, 1.807) is 11.3 Å². The second-order valence-corrected chi connectivity index (χ2v) is 7.42. The molecule has 0 radical (unpaired) electrons. The van der Waals surface area contributed by atoms with Crippen LogP contribution >= 0.6 is 11.3 Å². The maximum atomic E-state index is 12.8. The Morgan fingerprint density at radius 2 is 1.85 bits per heavy atom. The van der Waals surface area contributed by atoms with E-state index in [1.165, 1.54) is 0 Å². The highest BCUT2D eigenvalue weighted by Gasteiger charge is 2.17. The van der Waals surface area contributed by atoms with Crippen molar-refractivity contribution in [3.8, 4) is 11.3 Å². The zero-order valence-corrected chi connectivity index (χ0v) is 16.1. The Bertz CT molecular complexity index is 1100. The number of benzene rings is 2. The first-order chi connectivity index (χ1) is 13.1. The number of nitrogens with zero attached hydrogens (tertiary/aromatic N) is 1. The second kappa shape index (κ2) is 7.33. The number of amides is 1. The number of carbonyl (C=O) groups is 1. The lowest BCUT2D eigenvalue weighted by molar-refractivity contribution is 0.0939. The SMILES string of the molecule is Cc1ccccc1C(=O)NC(C)c1cc(-c2ccsc2)nc2ccccc12. The zero-order valence-electron chi connectivity index (χ0n) is 15.3. The minimum absolute atomic E-state index is 0.0569. The number of pyridine rings is 1. The van der Waals surface area contributed by atoms with Gasteiger partial charge in [0, 0.05) is 21.9 Å². The highest BCUT2D eigenvalue weighted by atomic mass is 32.1. The number of fused-ring (bicyclic) bond motifs is 1. The van der Waals surface area contributed by atoms with Crippen molar-refractivity contribution in [2.45, 2.75) is 19.9 Å². The summed E-state index contributed by atoms with van der Waals surface area (Å²) in [6.07, 6.45) is 0. The van der Waals surface area contributed by atoms with Crippen LogP contribution in [0.1, 0.15) is 34.5 Å². The van der Waals surface area contributed by atoms with Crippen LogP contribution < -0.4 is 5.32 Å². The van der Waals surface area contributed by atoms with Gasteiger partial charge in [-0.15, -0.1) is 0 Å². The van der Waals surface area contributed by atoms with Gasteiger partial charge < -0.3 is 5.32 Å². The number of nitrogens with one attached hydrogen (secondary N) is 1. The summed E-state index contributed by atoms with van der Waals surface area (Å²) in [7, 11) is 0. The fourth-order valence-electron chi connectivity index (χ4n) is 3.30. The number of para-hydroxylation sites is 1. The highest BCUT2D eigenvalue weighted by molar-refractivity contribution is 7.08. The summed E-state index contributed by atoms with van der Waals surface area (Å²) in [4.78, 5) is 17.6. The van der Waals surface area contributed by atoms with Gasteiger partial charge in [-0.3, -0.25) is 4.79 Å². The van der Waals surface area contributed by atoms with E-state index in [9.17, 15) is 4.79 Å². The Labute approximate surface area is 162 Å². The first-order valence-corrected chi connectivity index (χ1v) is 9.86. The van der Waals surface area contributed by atoms with Gasteiger partial charge in [-0.05, 0) is 54.6 Å². The predicted molar refractivity (Wildman–Crippen MR) is 112 cm³/mol. The minimum atomic E-state index is -0.137. The molecule has 134 valence electrons. The lowest BCUT2D eigenvalue weighted by atomic mass is 9.99. The highest BCUT2D eigenvalue weighted by Crippen LogP contribution is 2.29. The molecule has 0 aliphatic carbocycles. The van der Waals surface area contributed by atoms with Crippen LogP contribution in [-0.4, -0.2) is 10.9 Å². The Kier molecular flexibility index (Phi) is 4.73. The minimum Gasteiger partial charge on any atom is -0.345 e. The van der Waals surface area contributed by atoms with E-state index in [-0.39, 0.29) is 11.9 Å². The summed E-state index contributed by atoms with van der Waals surface area (Å²) in [6.45, 7) is 3.98. The van der Waals surface area contributed by atoms with Gasteiger partial charge in [0.2, 0.25) is 0 Å². The molecule has 4 aromatic rings. The van der Waals surface area contributed by atoms with Gasteiger partial charge in [-0.1, -0.05) is 36.4 Å². The number of aryl methyl sites for hydroxylation is 1. The number of thiophene rings is 1. The summed E-state index contributed by atoms with van der Waals surface area (Å²) >= 11 is 1.65. The summed E-state index contributed by atoms with van der Waals surface area (Å²) in [5, 5.41) is 8.36. The molecule has 2 heterocycles. The molecule has 0 aliphatic rings. The van der Waals surface area contributed by atoms with E-state index in [2.05, 4.69) is 34.3 Å². The maximum absolute atomic E-state index is 12.8. The number of carbonyl (C=O) groups excluding carboxylic acids is 1. The quantitative estimate of drug-likeness (QED) is 0.495. The molecule has 1 unspecified atom stereocenters. The molecule has 1 amide bonds. The third-order valence-electron chi connectivity index (χ3n) is 4.77. The van der Waals surface area contributed by atoms with Crippen LogP contribution in [0.3, 0.4) is 0 Å². The van der Waals surface area contributed by atoms with Gasteiger partial charge >= 0.3 is 0 Å². The Morgan fingerprint density at radius 3 is 2.63 bits per heavy atom. The molecule has 4 heteroatoms. The summed E-state index contributed by atoms with van der Waals surface area (Å²) in [6, 6.07) is 19.8. The molecule has 27 heavy (non-hydrogen) atoms. The standard InChI is InChI=1S/C23H20N2OS/c1-15-7-3-4-8-18(15)23(26)24-16(2)20-13-22(17-11-12-27-14-17)25-21-10-6-5-9-19(20)21/h3-14,16H,1-2H3,(H,24,26). The second-order valence-electron chi connectivity index (χ2n) is 6.64. The van der Waals surface area contributed by atoms with E-state index in [1.807, 2.05) is 56.3 Å². The van der Waals surface area contributed by atoms with Gasteiger partial charge in [0.05, 0.1) is 17.3 Å². The lowest BCUT2D eigenvalue weighted by Crippen LogP contribution is -2.27. The van der Waals surface area contributed by atoms with Crippen molar-refractivity contribution in [1.29, 1.82) is 0 Å². The molecule has 0 fully saturated rings. The van der Waals surface area contributed by atoms with Crippen molar-refractivity contribution in [3.63, 3.8) is 0 Å². The first kappa shape index (κ1) is 17.4. The summed E-state index contributed by atoms with van der Waals surface area (Å²) in [5.74, 6) is -0.0569. The van der Waals surface area contributed by atoms with Gasteiger partial charge in [-0.25, -0.2) is 4.98 Å². The van der Waals surface area contributed by atoms with E-state index in [4.69, 9.17) is 4.98 Å². The monoisotopic (exact) mass is 372 g/mol. The predicted octanol–water partition coefficient (Wildman–Crippen LogP) is 5.76. The van der Waals surface area contributed by atoms with Crippen LogP contribution in [0.4, 0.5) is 0 Å². The Hall–Kier alpha value is -2.98. The molecule has 1 atom stereocenters. The smallest absolute Gasteiger partial charge is 0.252 e. The molecule has 0 aliphatic heterocycles. The summed E-state index contributed by atoms with van der Waals surface area (Å²) < 4.78 is 0. The number of hydrogen-bond donors (Lipinski definition) is 1. The molecular formula is C23H20N2OS. The molecule has 3 nitrogen and oxygen atoms in total. The molecule has 0 spiro atoms. The lowest BCUT2D eigenvalue weighted by Gasteiger charge is -2.18. The number of aromatic nitrogens is 1.